The Morgan fingerprint density at radius 1 is 0.771 bits per heavy atom. The molecule has 35 heavy (non-hydrogen) atoms. The van der Waals surface area contributed by atoms with Crippen molar-refractivity contribution in [2.75, 3.05) is 5.32 Å². The lowest BCUT2D eigenvalue weighted by Gasteiger charge is -2.12. The highest BCUT2D eigenvalue weighted by atomic mass is 32.2. The van der Waals surface area contributed by atoms with Crippen LogP contribution >= 0.6 is 0 Å². The maximum absolute atomic E-state index is 11.2. The molecule has 0 unspecified atom stereocenters. The summed E-state index contributed by atoms with van der Waals surface area (Å²) < 4.78 is 32.9. The van der Waals surface area contributed by atoms with Crippen LogP contribution in [0.15, 0.2) is 108 Å². The number of nitrogens with zero attached hydrogens (tertiary/aromatic N) is 2. The van der Waals surface area contributed by atoms with Gasteiger partial charge >= 0.3 is 0 Å². The first kappa shape index (κ1) is 23.8. The minimum absolute atomic E-state index is 0.0823. The van der Waals surface area contributed by atoms with Gasteiger partial charge in [0.15, 0.2) is 0 Å². The molecule has 9 heteroatoms. The Hall–Kier alpha value is -4.34. The van der Waals surface area contributed by atoms with Gasteiger partial charge in [-0.3, -0.25) is 10.1 Å². The summed E-state index contributed by atoms with van der Waals surface area (Å²) in [6.07, 6.45) is 0. The molecule has 1 aromatic heterocycles. The van der Waals surface area contributed by atoms with Crippen molar-refractivity contribution in [1.82, 2.24) is 0 Å². The van der Waals surface area contributed by atoms with Gasteiger partial charge in [0.2, 0.25) is 11.0 Å². The molecule has 0 atom stereocenters. The Morgan fingerprint density at radius 3 is 1.94 bits per heavy atom. The van der Waals surface area contributed by atoms with Crippen molar-refractivity contribution in [1.29, 1.82) is 0 Å². The molecule has 0 aliphatic heterocycles. The molecular formula is C26H21N3O5S. The second-order valence-electron chi connectivity index (χ2n) is 7.67. The number of nitro groups is 1. The molecular weight excluding hydrogens is 466 g/mol. The van der Waals surface area contributed by atoms with Crippen LogP contribution in [0.5, 0.6) is 0 Å². The van der Waals surface area contributed by atoms with E-state index < -0.39 is 10.1 Å². The van der Waals surface area contributed by atoms with Crippen LogP contribution in [0.25, 0.3) is 21.8 Å². The second kappa shape index (κ2) is 9.88. The average Bonchev–Trinajstić information content (AvgIpc) is 2.87. The van der Waals surface area contributed by atoms with Crippen molar-refractivity contribution in [2.45, 2.75) is 4.90 Å². The third kappa shape index (κ3) is 5.26. The van der Waals surface area contributed by atoms with Gasteiger partial charge in [-0.15, -0.1) is 0 Å². The summed E-state index contributed by atoms with van der Waals surface area (Å²) in [6, 6.07) is 30.0. The number of nitrogens with one attached hydrogen (secondary N) is 1. The van der Waals surface area contributed by atoms with Crippen LogP contribution in [0.3, 0.4) is 0 Å². The van der Waals surface area contributed by atoms with Crippen LogP contribution in [0.2, 0.25) is 0 Å². The molecule has 176 valence electrons. The third-order valence-corrected chi connectivity index (χ3v) is 6.28. The number of pyridine rings is 1. The standard InChI is InChI=1S/C20H15N3O2.C6H6O3S/c1-22-18-10-6-5-9-16(18)20(21-14-7-3-2-4-8-14)17-13-15(23(24)25)11-12-19(17)22;7-10(8,9)6-4-2-1-3-5-6/h2-13H,1H3;1-5H,(H,7,8,9). The van der Waals surface area contributed by atoms with Gasteiger partial charge in [0.05, 0.1) is 26.3 Å². The molecule has 1 N–H and O–H groups in total. The van der Waals surface area contributed by atoms with E-state index in [1.165, 1.54) is 24.3 Å². The number of non-ortho nitro benzene ring substituents is 1. The van der Waals surface area contributed by atoms with E-state index in [0.29, 0.717) is 0 Å². The van der Waals surface area contributed by atoms with Gasteiger partial charge in [-0.25, -0.2) is 8.42 Å². The maximum Gasteiger partial charge on any atom is 0.270 e. The fraction of sp³-hybridized carbons (Fsp3) is 0.0385. The number of aryl methyl sites for hydroxylation is 1. The number of fused-ring (bicyclic) bond motifs is 2. The smallest absolute Gasteiger partial charge is 0.270 e. The highest BCUT2D eigenvalue weighted by molar-refractivity contribution is 7.85. The Bertz CT molecular complexity index is 1620. The molecule has 5 rings (SSSR count). The molecule has 0 saturated heterocycles. The molecule has 0 aliphatic rings. The number of hydrogen-bond acceptors (Lipinski definition) is 6. The summed E-state index contributed by atoms with van der Waals surface area (Å²) in [5.74, 6) is 0. The van der Waals surface area contributed by atoms with E-state index in [2.05, 4.69) is 9.88 Å². The van der Waals surface area contributed by atoms with Crippen molar-refractivity contribution >= 4 is 49.0 Å². The van der Waals surface area contributed by atoms with Gasteiger partial charge in [0.25, 0.3) is 5.69 Å². The van der Waals surface area contributed by atoms with Crippen LogP contribution in [-0.2, 0) is 17.2 Å². The quantitative estimate of drug-likeness (QED) is 0.125. The maximum atomic E-state index is 11.2. The molecule has 0 amide bonds. The van der Waals surface area contributed by atoms with E-state index in [1.807, 2.05) is 61.6 Å². The van der Waals surface area contributed by atoms with E-state index in [-0.39, 0.29) is 15.5 Å². The molecule has 5 aromatic rings. The lowest BCUT2D eigenvalue weighted by Crippen LogP contribution is -2.30. The zero-order valence-electron chi connectivity index (χ0n) is 18.7. The highest BCUT2D eigenvalue weighted by Gasteiger charge is 2.20. The summed E-state index contributed by atoms with van der Waals surface area (Å²) >= 11 is 0. The number of anilines is 2. The van der Waals surface area contributed by atoms with Crippen molar-refractivity contribution in [3.63, 3.8) is 0 Å². The van der Waals surface area contributed by atoms with E-state index in [1.54, 1.807) is 24.3 Å². The van der Waals surface area contributed by atoms with Crippen molar-refractivity contribution < 1.29 is 22.5 Å². The first-order valence-corrected chi connectivity index (χ1v) is 12.0. The Morgan fingerprint density at radius 2 is 1.34 bits per heavy atom. The molecule has 0 saturated carbocycles. The van der Waals surface area contributed by atoms with Crippen LogP contribution in [0.1, 0.15) is 0 Å². The fourth-order valence-corrected chi connectivity index (χ4v) is 4.26. The van der Waals surface area contributed by atoms with Crippen LogP contribution < -0.4 is 9.88 Å². The minimum atomic E-state index is -4.25. The predicted molar refractivity (Wildman–Crippen MR) is 133 cm³/mol. The number of aromatic nitrogens is 1. The summed E-state index contributed by atoms with van der Waals surface area (Å²) in [6.45, 7) is 0. The summed E-state index contributed by atoms with van der Waals surface area (Å²) in [4.78, 5) is 10.7. The third-order valence-electron chi connectivity index (χ3n) is 5.43. The van der Waals surface area contributed by atoms with Gasteiger partial charge in [0.1, 0.15) is 17.2 Å². The predicted octanol–water partition coefficient (Wildman–Crippen LogP) is 5.06. The normalized spacial score (nSPS) is 11.0. The van der Waals surface area contributed by atoms with Gasteiger partial charge in [-0.1, -0.05) is 48.5 Å². The molecule has 0 aliphatic carbocycles. The van der Waals surface area contributed by atoms with Gasteiger partial charge in [0, 0.05) is 30.0 Å². The van der Waals surface area contributed by atoms with Crippen molar-refractivity contribution in [3.8, 4) is 0 Å². The largest absolute Gasteiger partial charge is 0.744 e. The molecule has 0 fully saturated rings. The van der Waals surface area contributed by atoms with E-state index in [4.69, 9.17) is 0 Å². The van der Waals surface area contributed by atoms with E-state index >= 15 is 0 Å². The second-order valence-corrected chi connectivity index (χ2v) is 9.05. The number of nitro benzene ring substituents is 1. The molecule has 4 aromatic carbocycles. The molecule has 0 spiro atoms. The molecule has 1 heterocycles. The lowest BCUT2D eigenvalue weighted by molar-refractivity contribution is -0.617. The van der Waals surface area contributed by atoms with E-state index in [9.17, 15) is 23.1 Å². The Labute approximate surface area is 202 Å². The van der Waals surface area contributed by atoms with E-state index in [0.717, 1.165) is 33.2 Å². The van der Waals surface area contributed by atoms with Crippen molar-refractivity contribution in [3.05, 3.63) is 113 Å². The SMILES string of the molecule is C[n+]1c2ccccc2c(Nc2ccccc2)c2cc([N+](=O)[O-])ccc21.O=S(=O)([O-])c1ccccc1. The first-order valence-electron chi connectivity index (χ1n) is 10.6. The van der Waals surface area contributed by atoms with Gasteiger partial charge in [-0.2, -0.15) is 4.57 Å². The summed E-state index contributed by atoms with van der Waals surface area (Å²) in [5.41, 5.74) is 3.89. The fourth-order valence-electron chi connectivity index (χ4n) is 3.77. The van der Waals surface area contributed by atoms with Crippen LogP contribution in [-0.4, -0.2) is 17.9 Å². The minimum Gasteiger partial charge on any atom is -0.744 e. The van der Waals surface area contributed by atoms with Crippen molar-refractivity contribution in [2.24, 2.45) is 7.05 Å². The Balaban J connectivity index is 0.000000243. The zero-order chi connectivity index (χ0) is 25.0. The first-order chi connectivity index (χ1) is 16.8. The zero-order valence-corrected chi connectivity index (χ0v) is 19.5. The average molecular weight is 488 g/mol. The van der Waals surface area contributed by atoms with Crippen LogP contribution in [0, 0.1) is 10.1 Å². The monoisotopic (exact) mass is 487 g/mol. The Kier molecular flexibility index (Phi) is 6.72. The number of hydrogen-bond donors (Lipinski definition) is 1. The van der Waals surface area contributed by atoms with Gasteiger partial charge < -0.3 is 9.87 Å². The van der Waals surface area contributed by atoms with Gasteiger partial charge in [-0.05, 0) is 30.3 Å². The topological polar surface area (TPSA) is 116 Å². The summed E-state index contributed by atoms with van der Waals surface area (Å²) in [7, 11) is -2.28. The lowest BCUT2D eigenvalue weighted by atomic mass is 10.1. The number of benzene rings is 4. The number of para-hydroxylation sites is 2. The molecule has 0 radical (unpaired) electrons. The summed E-state index contributed by atoms with van der Waals surface area (Å²) in [5, 5.41) is 16.5. The molecule has 0 bridgehead atoms. The number of rotatable bonds is 4. The van der Waals surface area contributed by atoms with Crippen LogP contribution in [0.4, 0.5) is 17.1 Å². The highest BCUT2D eigenvalue weighted by Crippen LogP contribution is 2.33. The molecule has 8 nitrogen and oxygen atoms in total.